The smallest absolute Gasteiger partial charge is 0.248 e. The van der Waals surface area contributed by atoms with Gasteiger partial charge in [0.05, 0.1) is 6.54 Å². The molecular weight excluding hydrogens is 489 g/mol. The van der Waals surface area contributed by atoms with E-state index >= 15 is 0 Å². The molecule has 0 aromatic heterocycles. The van der Waals surface area contributed by atoms with E-state index in [2.05, 4.69) is 54.1 Å². The fourth-order valence-corrected chi connectivity index (χ4v) is 3.60. The number of hydrogen-bond acceptors (Lipinski definition) is 3. The van der Waals surface area contributed by atoms with E-state index in [1.165, 1.54) is 16.8 Å². The topological polar surface area (TPSA) is 74.0 Å². The Balaban J connectivity index is 0.00000320. The van der Waals surface area contributed by atoms with Gasteiger partial charge in [-0.3, -0.25) is 4.79 Å². The van der Waals surface area contributed by atoms with Crippen molar-refractivity contribution < 1.29 is 4.79 Å². The number of benzene rings is 2. The first-order valence-corrected chi connectivity index (χ1v) is 10.2. The molecule has 0 atom stereocenters. The highest BCUT2D eigenvalue weighted by Crippen LogP contribution is 2.23. The predicted molar refractivity (Wildman–Crippen MR) is 135 cm³/mol. The Bertz CT molecular complexity index is 874. The molecule has 0 unspecified atom stereocenters. The third kappa shape index (κ3) is 5.87. The first kappa shape index (κ1) is 24.0. The van der Waals surface area contributed by atoms with Crippen molar-refractivity contribution in [3.05, 3.63) is 64.7 Å². The van der Waals surface area contributed by atoms with E-state index in [9.17, 15) is 4.79 Å². The van der Waals surface area contributed by atoms with Crippen LogP contribution in [-0.2, 0) is 6.54 Å². The summed E-state index contributed by atoms with van der Waals surface area (Å²) in [5.41, 5.74) is 10.9. The average Bonchev–Trinajstić information content (AvgIpc) is 2.73. The second-order valence-corrected chi connectivity index (χ2v) is 7.42. The van der Waals surface area contributed by atoms with Crippen LogP contribution in [-0.4, -0.2) is 49.5 Å². The van der Waals surface area contributed by atoms with Crippen molar-refractivity contribution in [1.82, 2.24) is 10.2 Å². The maximum Gasteiger partial charge on any atom is 0.248 e. The van der Waals surface area contributed by atoms with Crippen molar-refractivity contribution in [2.45, 2.75) is 27.3 Å². The van der Waals surface area contributed by atoms with Crippen molar-refractivity contribution in [3.8, 4) is 0 Å². The fraction of sp³-hybridized carbons (Fsp3) is 0.391. The number of guanidine groups is 1. The number of nitrogens with zero attached hydrogens (tertiary/aromatic N) is 3. The van der Waals surface area contributed by atoms with Crippen LogP contribution in [0, 0.1) is 13.8 Å². The van der Waals surface area contributed by atoms with Crippen molar-refractivity contribution in [2.75, 3.05) is 37.6 Å². The number of carbonyl (C=O) groups is 1. The van der Waals surface area contributed by atoms with Gasteiger partial charge < -0.3 is 20.9 Å². The maximum absolute atomic E-state index is 11.2. The van der Waals surface area contributed by atoms with Crippen LogP contribution >= 0.6 is 24.0 Å². The molecule has 30 heavy (non-hydrogen) atoms. The molecule has 2 aromatic carbocycles. The second kappa shape index (κ2) is 11.2. The van der Waals surface area contributed by atoms with Gasteiger partial charge in [-0.05, 0) is 55.7 Å². The van der Waals surface area contributed by atoms with Crippen LogP contribution < -0.4 is 16.0 Å². The molecular formula is C23H32IN5O. The van der Waals surface area contributed by atoms with Gasteiger partial charge in [0.2, 0.25) is 5.91 Å². The van der Waals surface area contributed by atoms with Gasteiger partial charge in [-0.2, -0.15) is 0 Å². The van der Waals surface area contributed by atoms with Gasteiger partial charge in [-0.1, -0.05) is 24.3 Å². The van der Waals surface area contributed by atoms with Gasteiger partial charge in [0.15, 0.2) is 5.96 Å². The molecule has 1 saturated heterocycles. The van der Waals surface area contributed by atoms with E-state index in [-0.39, 0.29) is 24.0 Å². The van der Waals surface area contributed by atoms with Crippen LogP contribution in [0.4, 0.5) is 5.69 Å². The molecule has 0 aliphatic carbocycles. The standard InChI is InChI=1S/C23H31N5O.HI/c1-4-25-23(26-16-19-8-10-20(11-9-19)22(24)29)28-14-12-27(13-15-28)21-7-5-6-17(2)18(21)3;/h5-11H,4,12-16H2,1-3H3,(H2,24,29)(H,25,26);1H. The molecule has 1 aliphatic rings. The lowest BCUT2D eigenvalue weighted by Gasteiger charge is -2.38. The molecule has 162 valence electrons. The van der Waals surface area contributed by atoms with Crippen molar-refractivity contribution in [1.29, 1.82) is 0 Å². The molecule has 3 rings (SSSR count). The van der Waals surface area contributed by atoms with Gasteiger partial charge in [0.25, 0.3) is 0 Å². The first-order chi connectivity index (χ1) is 14.0. The predicted octanol–water partition coefficient (Wildman–Crippen LogP) is 3.31. The van der Waals surface area contributed by atoms with E-state index in [1.807, 2.05) is 12.1 Å². The largest absolute Gasteiger partial charge is 0.368 e. The number of amides is 1. The van der Waals surface area contributed by atoms with Crippen LogP contribution in [0.25, 0.3) is 0 Å². The summed E-state index contributed by atoms with van der Waals surface area (Å²) in [6.45, 7) is 11.7. The zero-order valence-electron chi connectivity index (χ0n) is 18.0. The molecule has 1 amide bonds. The number of aliphatic imine (C=N–C) groups is 1. The summed E-state index contributed by atoms with van der Waals surface area (Å²) in [5, 5.41) is 3.41. The number of anilines is 1. The summed E-state index contributed by atoms with van der Waals surface area (Å²) in [7, 11) is 0. The molecule has 0 radical (unpaired) electrons. The van der Waals surface area contributed by atoms with Crippen molar-refractivity contribution >= 4 is 41.5 Å². The van der Waals surface area contributed by atoms with Crippen LogP contribution in [0.3, 0.4) is 0 Å². The number of carbonyl (C=O) groups excluding carboxylic acids is 1. The number of rotatable bonds is 5. The summed E-state index contributed by atoms with van der Waals surface area (Å²) in [4.78, 5) is 20.8. The van der Waals surface area contributed by atoms with Crippen molar-refractivity contribution in [3.63, 3.8) is 0 Å². The molecule has 0 bridgehead atoms. The molecule has 6 nitrogen and oxygen atoms in total. The molecule has 0 spiro atoms. The van der Waals surface area contributed by atoms with E-state index in [1.54, 1.807) is 12.1 Å². The number of halogens is 1. The number of nitrogens with two attached hydrogens (primary N) is 1. The summed E-state index contributed by atoms with van der Waals surface area (Å²) in [5.74, 6) is 0.530. The number of nitrogens with one attached hydrogen (secondary N) is 1. The summed E-state index contributed by atoms with van der Waals surface area (Å²) in [6, 6.07) is 13.8. The lowest BCUT2D eigenvalue weighted by atomic mass is 10.1. The minimum Gasteiger partial charge on any atom is -0.368 e. The second-order valence-electron chi connectivity index (χ2n) is 7.42. The Morgan fingerprint density at radius 1 is 1.07 bits per heavy atom. The summed E-state index contributed by atoms with van der Waals surface area (Å²) in [6.07, 6.45) is 0. The minimum atomic E-state index is -0.407. The first-order valence-electron chi connectivity index (χ1n) is 10.2. The third-order valence-corrected chi connectivity index (χ3v) is 5.48. The third-order valence-electron chi connectivity index (χ3n) is 5.48. The zero-order chi connectivity index (χ0) is 20.8. The van der Waals surface area contributed by atoms with Gasteiger partial charge >= 0.3 is 0 Å². The van der Waals surface area contributed by atoms with E-state index in [0.717, 1.165) is 44.2 Å². The lowest BCUT2D eigenvalue weighted by molar-refractivity contribution is 0.100. The number of aryl methyl sites for hydroxylation is 1. The van der Waals surface area contributed by atoms with Crippen LogP contribution in [0.1, 0.15) is 34.0 Å². The van der Waals surface area contributed by atoms with Crippen LogP contribution in [0.5, 0.6) is 0 Å². The Morgan fingerprint density at radius 2 is 1.73 bits per heavy atom. The van der Waals surface area contributed by atoms with Crippen molar-refractivity contribution in [2.24, 2.45) is 10.7 Å². The average molecular weight is 521 g/mol. The van der Waals surface area contributed by atoms with E-state index < -0.39 is 5.91 Å². The maximum atomic E-state index is 11.2. The molecule has 1 heterocycles. The quantitative estimate of drug-likeness (QED) is 0.360. The highest BCUT2D eigenvalue weighted by Gasteiger charge is 2.21. The number of primary amides is 1. The van der Waals surface area contributed by atoms with Crippen LogP contribution in [0.2, 0.25) is 0 Å². The Kier molecular flexibility index (Phi) is 8.95. The number of piperazine rings is 1. The molecule has 1 fully saturated rings. The van der Waals surface area contributed by atoms with Gasteiger partial charge in [0.1, 0.15) is 0 Å². The Morgan fingerprint density at radius 3 is 2.33 bits per heavy atom. The minimum absolute atomic E-state index is 0. The Labute approximate surface area is 196 Å². The van der Waals surface area contributed by atoms with Gasteiger partial charge in [0, 0.05) is 44.0 Å². The van der Waals surface area contributed by atoms with Crippen LogP contribution in [0.15, 0.2) is 47.5 Å². The molecule has 1 aliphatic heterocycles. The highest BCUT2D eigenvalue weighted by atomic mass is 127. The molecule has 0 saturated carbocycles. The normalized spacial score (nSPS) is 14.3. The van der Waals surface area contributed by atoms with Gasteiger partial charge in [-0.15, -0.1) is 24.0 Å². The van der Waals surface area contributed by atoms with Gasteiger partial charge in [-0.25, -0.2) is 4.99 Å². The molecule has 7 heteroatoms. The monoisotopic (exact) mass is 521 g/mol. The van der Waals surface area contributed by atoms with E-state index in [4.69, 9.17) is 10.7 Å². The zero-order valence-corrected chi connectivity index (χ0v) is 20.3. The Hall–Kier alpha value is -2.29. The summed E-state index contributed by atoms with van der Waals surface area (Å²) < 4.78 is 0. The highest BCUT2D eigenvalue weighted by molar-refractivity contribution is 14.0. The van der Waals surface area contributed by atoms with E-state index in [0.29, 0.717) is 12.1 Å². The molecule has 3 N–H and O–H groups in total. The SMILES string of the molecule is CCNC(=NCc1ccc(C(N)=O)cc1)N1CCN(c2cccc(C)c2C)CC1.I. The molecule has 2 aromatic rings. The fourth-order valence-electron chi connectivity index (χ4n) is 3.60. The lowest BCUT2D eigenvalue weighted by Crippen LogP contribution is -2.52. The summed E-state index contributed by atoms with van der Waals surface area (Å²) >= 11 is 0. The number of hydrogen-bond donors (Lipinski definition) is 2.